The van der Waals surface area contributed by atoms with Crippen LogP contribution in [0.1, 0.15) is 53.2 Å². The van der Waals surface area contributed by atoms with Crippen LogP contribution in [0.2, 0.25) is 0 Å². The molecule has 2 fully saturated rings. The lowest BCUT2D eigenvalue weighted by Gasteiger charge is -2.44. The average Bonchev–Trinajstić information content (AvgIpc) is 3.12. The number of hydrogen-bond acceptors (Lipinski definition) is 4. The van der Waals surface area contributed by atoms with E-state index in [1.807, 2.05) is 37.2 Å². The van der Waals surface area contributed by atoms with E-state index in [2.05, 4.69) is 70.9 Å². The first-order valence-electron chi connectivity index (χ1n) is 12.7. The number of benzene rings is 3. The van der Waals surface area contributed by atoms with Crippen LogP contribution in [0.15, 0.2) is 78.9 Å². The Kier molecular flexibility index (Phi) is 6.78. The smallest absolute Gasteiger partial charge is 0.253 e. The maximum atomic E-state index is 13.0. The van der Waals surface area contributed by atoms with E-state index in [4.69, 9.17) is 5.73 Å². The molecule has 5 rings (SSSR count). The van der Waals surface area contributed by atoms with Gasteiger partial charge in [0.1, 0.15) is 0 Å². The van der Waals surface area contributed by atoms with Crippen molar-refractivity contribution in [2.75, 3.05) is 31.3 Å². The van der Waals surface area contributed by atoms with Crippen LogP contribution in [0.3, 0.4) is 0 Å². The van der Waals surface area contributed by atoms with Gasteiger partial charge in [0.15, 0.2) is 0 Å². The summed E-state index contributed by atoms with van der Waals surface area (Å²) in [7, 11) is 3.93. The monoisotopic (exact) mass is 468 g/mol. The van der Waals surface area contributed by atoms with Crippen LogP contribution in [-0.2, 0) is 0 Å². The van der Waals surface area contributed by atoms with Gasteiger partial charge in [-0.2, -0.15) is 0 Å². The molecule has 0 saturated carbocycles. The first kappa shape index (κ1) is 23.4. The largest absolute Gasteiger partial charge is 0.398 e. The Morgan fingerprint density at radius 1 is 0.943 bits per heavy atom. The van der Waals surface area contributed by atoms with Crippen molar-refractivity contribution in [3.63, 3.8) is 0 Å². The average molecular weight is 469 g/mol. The number of rotatable bonds is 7. The molecule has 5 nitrogen and oxygen atoms in total. The van der Waals surface area contributed by atoms with Gasteiger partial charge < -0.3 is 16.0 Å². The number of fused-ring (bicyclic) bond motifs is 2. The fourth-order valence-electron chi connectivity index (χ4n) is 6.07. The highest BCUT2D eigenvalue weighted by Gasteiger charge is 2.44. The quantitative estimate of drug-likeness (QED) is 0.474. The number of anilines is 2. The minimum Gasteiger partial charge on any atom is -0.398 e. The molecular formula is C30H36N4O. The molecule has 0 aliphatic carbocycles. The second kappa shape index (κ2) is 10.1. The minimum atomic E-state index is -0.0765. The fraction of sp³-hybridized carbons (Fsp3) is 0.367. The van der Waals surface area contributed by atoms with E-state index in [1.165, 1.54) is 24.0 Å². The Morgan fingerprint density at radius 2 is 1.51 bits per heavy atom. The van der Waals surface area contributed by atoms with Crippen molar-refractivity contribution in [3.8, 4) is 0 Å². The molecule has 3 aromatic rings. The highest BCUT2D eigenvalue weighted by molar-refractivity contribution is 6.00. The summed E-state index contributed by atoms with van der Waals surface area (Å²) in [4.78, 5) is 17.7. The zero-order valence-corrected chi connectivity index (χ0v) is 20.7. The number of nitrogens with zero attached hydrogens (tertiary/aromatic N) is 2. The predicted octanol–water partition coefficient (Wildman–Crippen LogP) is 5.10. The zero-order chi connectivity index (χ0) is 24.4. The SMILES string of the molecule is CN(C)c1ccc(N)c(C(=O)NCC2CC3CCC(C2)N3C(c2ccccc2)c2ccccc2)c1. The molecule has 2 aliphatic rings. The number of hydrogen-bond donors (Lipinski definition) is 2. The molecule has 2 bridgehead atoms. The van der Waals surface area contributed by atoms with Crippen LogP contribution < -0.4 is 16.0 Å². The van der Waals surface area contributed by atoms with Gasteiger partial charge in [-0.25, -0.2) is 0 Å². The maximum absolute atomic E-state index is 13.0. The molecule has 0 aromatic heterocycles. The third kappa shape index (κ3) is 4.92. The van der Waals surface area contributed by atoms with E-state index in [0.717, 1.165) is 18.5 Å². The van der Waals surface area contributed by atoms with E-state index >= 15 is 0 Å². The van der Waals surface area contributed by atoms with Gasteiger partial charge in [0, 0.05) is 44.1 Å². The van der Waals surface area contributed by atoms with Crippen molar-refractivity contribution >= 4 is 17.3 Å². The number of carbonyl (C=O) groups is 1. The second-order valence-electron chi connectivity index (χ2n) is 10.3. The molecule has 3 aromatic carbocycles. The normalized spacial score (nSPS) is 21.7. The Hall–Kier alpha value is -3.31. The standard InChI is InChI=1S/C30H36N4O/c1-33(2)24-15-16-28(31)27(19-24)30(35)32-20-21-17-25-13-14-26(18-21)34(25)29(22-9-5-3-6-10-22)23-11-7-4-8-12-23/h3-12,15-16,19,21,25-26,29H,13-14,17-18,20,31H2,1-2H3,(H,32,35). The lowest BCUT2D eigenvalue weighted by Crippen LogP contribution is -2.47. The van der Waals surface area contributed by atoms with Crippen molar-refractivity contribution < 1.29 is 4.79 Å². The van der Waals surface area contributed by atoms with Crippen molar-refractivity contribution in [3.05, 3.63) is 95.6 Å². The molecule has 3 N–H and O–H groups in total. The second-order valence-corrected chi connectivity index (χ2v) is 10.3. The number of nitrogens with one attached hydrogen (secondary N) is 1. The van der Waals surface area contributed by atoms with Crippen LogP contribution in [-0.4, -0.2) is 43.5 Å². The first-order valence-corrected chi connectivity index (χ1v) is 12.7. The molecule has 2 aliphatic heterocycles. The summed E-state index contributed by atoms with van der Waals surface area (Å²) in [6.45, 7) is 0.701. The zero-order valence-electron chi connectivity index (χ0n) is 20.7. The molecule has 1 amide bonds. The molecule has 35 heavy (non-hydrogen) atoms. The maximum Gasteiger partial charge on any atom is 0.253 e. The first-order chi connectivity index (χ1) is 17.0. The van der Waals surface area contributed by atoms with E-state index < -0.39 is 0 Å². The predicted molar refractivity (Wildman–Crippen MR) is 144 cm³/mol. The number of nitrogen functional groups attached to an aromatic ring is 1. The molecule has 2 unspecified atom stereocenters. The van der Waals surface area contributed by atoms with E-state index in [9.17, 15) is 4.79 Å². The fourth-order valence-corrected chi connectivity index (χ4v) is 6.07. The van der Waals surface area contributed by atoms with Crippen molar-refractivity contribution in [2.24, 2.45) is 5.92 Å². The van der Waals surface area contributed by atoms with Crippen molar-refractivity contribution in [2.45, 2.75) is 43.8 Å². The molecule has 5 heteroatoms. The van der Waals surface area contributed by atoms with Crippen LogP contribution in [0.4, 0.5) is 11.4 Å². The lowest BCUT2D eigenvalue weighted by atomic mass is 9.86. The highest BCUT2D eigenvalue weighted by atomic mass is 16.1. The lowest BCUT2D eigenvalue weighted by molar-refractivity contribution is 0.0709. The van der Waals surface area contributed by atoms with Gasteiger partial charge in [0.2, 0.25) is 0 Å². The number of amides is 1. The summed E-state index contributed by atoms with van der Waals surface area (Å²) < 4.78 is 0. The molecule has 182 valence electrons. The van der Waals surface area contributed by atoms with Gasteiger partial charge in [-0.15, -0.1) is 0 Å². The summed E-state index contributed by atoms with van der Waals surface area (Å²) in [6.07, 6.45) is 4.67. The van der Waals surface area contributed by atoms with Gasteiger partial charge in [0.25, 0.3) is 5.91 Å². The van der Waals surface area contributed by atoms with Crippen LogP contribution in [0, 0.1) is 5.92 Å². The molecule has 2 saturated heterocycles. The Bertz CT molecular complexity index is 1090. The van der Waals surface area contributed by atoms with Gasteiger partial charge in [-0.3, -0.25) is 9.69 Å². The van der Waals surface area contributed by atoms with Gasteiger partial charge in [-0.1, -0.05) is 60.7 Å². The number of carbonyl (C=O) groups excluding carboxylic acids is 1. The Labute approximate surface area is 208 Å². The molecular weight excluding hydrogens is 432 g/mol. The topological polar surface area (TPSA) is 61.6 Å². The molecule has 2 atom stereocenters. The van der Waals surface area contributed by atoms with Gasteiger partial charge >= 0.3 is 0 Å². The molecule has 0 radical (unpaired) electrons. The van der Waals surface area contributed by atoms with Crippen molar-refractivity contribution in [1.82, 2.24) is 10.2 Å². The summed E-state index contributed by atoms with van der Waals surface area (Å²) >= 11 is 0. The Morgan fingerprint density at radius 3 is 2.06 bits per heavy atom. The van der Waals surface area contributed by atoms with Gasteiger partial charge in [0.05, 0.1) is 11.6 Å². The minimum absolute atomic E-state index is 0.0765. The summed E-state index contributed by atoms with van der Waals surface area (Å²) in [5.74, 6) is 0.408. The van der Waals surface area contributed by atoms with Crippen LogP contribution in [0.5, 0.6) is 0 Å². The van der Waals surface area contributed by atoms with Crippen LogP contribution >= 0.6 is 0 Å². The van der Waals surface area contributed by atoms with Crippen molar-refractivity contribution in [1.29, 1.82) is 0 Å². The van der Waals surface area contributed by atoms with Gasteiger partial charge in [-0.05, 0) is 60.9 Å². The Balaban J connectivity index is 1.29. The van der Waals surface area contributed by atoms with Crippen LogP contribution in [0.25, 0.3) is 0 Å². The van der Waals surface area contributed by atoms with E-state index in [1.54, 1.807) is 0 Å². The summed E-state index contributed by atoms with van der Waals surface area (Å²) in [5, 5.41) is 3.20. The summed E-state index contributed by atoms with van der Waals surface area (Å²) in [5.41, 5.74) is 10.9. The molecule has 0 spiro atoms. The number of piperidine rings is 1. The molecule has 2 heterocycles. The summed E-state index contributed by atoms with van der Waals surface area (Å²) in [6, 6.07) is 28.8. The van der Waals surface area contributed by atoms with E-state index in [-0.39, 0.29) is 11.9 Å². The highest BCUT2D eigenvalue weighted by Crippen LogP contribution is 2.45. The third-order valence-electron chi connectivity index (χ3n) is 7.77. The van der Waals surface area contributed by atoms with E-state index in [0.29, 0.717) is 35.8 Å². The third-order valence-corrected chi connectivity index (χ3v) is 7.77. The number of nitrogens with two attached hydrogens (primary N) is 1.